The zero-order chi connectivity index (χ0) is 19.2. The number of allylic oxidation sites excluding steroid dienone is 8. The number of aliphatic hydroxyl groups is 1. The number of rotatable bonds is 12. The van der Waals surface area contributed by atoms with E-state index in [-0.39, 0.29) is 24.0 Å². The third-order valence-corrected chi connectivity index (χ3v) is 4.16. The molecule has 26 heavy (non-hydrogen) atoms. The summed E-state index contributed by atoms with van der Waals surface area (Å²) in [4.78, 5) is 22.4. The zero-order valence-corrected chi connectivity index (χ0v) is 15.5. The van der Waals surface area contributed by atoms with Crippen molar-refractivity contribution < 1.29 is 19.8 Å². The zero-order valence-electron chi connectivity index (χ0n) is 15.5. The van der Waals surface area contributed by atoms with E-state index < -0.39 is 12.1 Å². The predicted octanol–water partition coefficient (Wildman–Crippen LogP) is 4.39. The molecule has 0 aromatic rings. The minimum Gasteiger partial charge on any atom is -0.481 e. The Morgan fingerprint density at radius 1 is 1.19 bits per heavy atom. The van der Waals surface area contributed by atoms with Gasteiger partial charge in [0.15, 0.2) is 5.78 Å². The molecule has 0 aromatic heterocycles. The Bertz CT molecular complexity index is 581. The third kappa shape index (κ3) is 9.33. The maximum Gasteiger partial charge on any atom is 0.303 e. The number of carboxylic acid groups (broad SMARTS) is 1. The van der Waals surface area contributed by atoms with Gasteiger partial charge in [-0.05, 0) is 44.1 Å². The minimum atomic E-state index is -0.830. The van der Waals surface area contributed by atoms with Crippen LogP contribution < -0.4 is 0 Å². The van der Waals surface area contributed by atoms with E-state index >= 15 is 0 Å². The molecule has 0 radical (unpaired) electrons. The summed E-state index contributed by atoms with van der Waals surface area (Å²) in [6.45, 7) is 2.10. The van der Waals surface area contributed by atoms with Gasteiger partial charge in [0.2, 0.25) is 0 Å². The summed E-state index contributed by atoms with van der Waals surface area (Å²) >= 11 is 0. The van der Waals surface area contributed by atoms with Gasteiger partial charge in [0.25, 0.3) is 0 Å². The van der Waals surface area contributed by atoms with Gasteiger partial charge in [0.05, 0.1) is 6.10 Å². The number of aliphatic carboxylic acids is 1. The van der Waals surface area contributed by atoms with Crippen LogP contribution in [0.25, 0.3) is 0 Å². The van der Waals surface area contributed by atoms with Crippen molar-refractivity contribution in [3.05, 3.63) is 60.8 Å². The van der Waals surface area contributed by atoms with Crippen molar-refractivity contribution in [2.45, 2.75) is 51.6 Å². The molecule has 0 aromatic carbocycles. The molecule has 4 heteroatoms. The van der Waals surface area contributed by atoms with Crippen molar-refractivity contribution in [2.24, 2.45) is 11.8 Å². The smallest absolute Gasteiger partial charge is 0.303 e. The minimum absolute atomic E-state index is 0.0785. The number of ketones is 1. The van der Waals surface area contributed by atoms with Crippen LogP contribution in [0.2, 0.25) is 0 Å². The Morgan fingerprint density at radius 2 is 1.96 bits per heavy atom. The lowest BCUT2D eigenvalue weighted by atomic mass is 9.91. The van der Waals surface area contributed by atoms with Crippen LogP contribution in [0.1, 0.15) is 45.4 Å². The number of carbonyl (C=O) groups excluding carboxylic acids is 1. The summed E-state index contributed by atoms with van der Waals surface area (Å²) in [6.07, 6.45) is 22.1. The van der Waals surface area contributed by atoms with E-state index in [1.807, 2.05) is 6.08 Å². The summed E-state index contributed by atoms with van der Waals surface area (Å²) in [6, 6.07) is 0. The molecule has 1 aliphatic carbocycles. The molecule has 0 fully saturated rings. The molecule has 0 unspecified atom stereocenters. The maximum atomic E-state index is 12.0. The summed E-state index contributed by atoms with van der Waals surface area (Å²) in [7, 11) is 0. The second kappa shape index (κ2) is 13.1. The first-order valence-electron chi connectivity index (χ1n) is 9.29. The Balaban J connectivity index is 2.41. The molecule has 142 valence electrons. The van der Waals surface area contributed by atoms with Crippen molar-refractivity contribution >= 4 is 11.8 Å². The van der Waals surface area contributed by atoms with E-state index in [4.69, 9.17) is 5.11 Å². The van der Waals surface area contributed by atoms with Crippen LogP contribution in [0, 0.1) is 11.8 Å². The average molecular weight is 358 g/mol. The molecule has 4 nitrogen and oxygen atoms in total. The Kier molecular flexibility index (Phi) is 11.0. The molecular formula is C22H30O4. The lowest BCUT2D eigenvalue weighted by molar-refractivity contribution is -0.136. The van der Waals surface area contributed by atoms with Gasteiger partial charge in [-0.2, -0.15) is 0 Å². The van der Waals surface area contributed by atoms with Crippen molar-refractivity contribution in [1.29, 1.82) is 0 Å². The Hall–Kier alpha value is -2.20. The Labute approximate surface area is 156 Å². The highest BCUT2D eigenvalue weighted by atomic mass is 16.4. The van der Waals surface area contributed by atoms with E-state index in [0.717, 1.165) is 19.3 Å². The van der Waals surface area contributed by atoms with Crippen molar-refractivity contribution in [2.75, 3.05) is 0 Å². The molecule has 0 aliphatic heterocycles. The van der Waals surface area contributed by atoms with E-state index in [1.54, 1.807) is 30.4 Å². The van der Waals surface area contributed by atoms with Crippen LogP contribution in [0.5, 0.6) is 0 Å². The highest BCUT2D eigenvalue weighted by Crippen LogP contribution is 2.27. The van der Waals surface area contributed by atoms with Gasteiger partial charge in [0, 0.05) is 12.3 Å². The molecule has 0 bridgehead atoms. The molecule has 3 atom stereocenters. The third-order valence-electron chi connectivity index (χ3n) is 4.16. The number of carbonyl (C=O) groups is 2. The number of carboxylic acids is 1. The van der Waals surface area contributed by atoms with Crippen LogP contribution >= 0.6 is 0 Å². The van der Waals surface area contributed by atoms with Crippen molar-refractivity contribution in [1.82, 2.24) is 0 Å². The highest BCUT2D eigenvalue weighted by Gasteiger charge is 2.26. The lowest BCUT2D eigenvalue weighted by Crippen LogP contribution is -2.14. The molecular weight excluding hydrogens is 328 g/mol. The molecule has 0 saturated heterocycles. The SMILES string of the molecule is CC/C=C\C/C=C\C[C@H]1C=CC(=O)[C@H]1/C=C/[C@H](O)C/C=C\CCC(=O)O. The first kappa shape index (κ1) is 21.8. The Morgan fingerprint density at radius 3 is 2.69 bits per heavy atom. The molecule has 0 saturated carbocycles. The largest absolute Gasteiger partial charge is 0.481 e. The second-order valence-corrected chi connectivity index (χ2v) is 6.37. The summed E-state index contributed by atoms with van der Waals surface area (Å²) in [5, 5.41) is 18.5. The molecule has 1 rings (SSSR count). The fraction of sp³-hybridized carbons (Fsp3) is 0.455. The standard InChI is InChI=1S/C22H30O4/c1-2-3-4-5-6-8-11-18-14-17-21(24)20(18)16-15-19(23)12-9-7-10-13-22(25)26/h3-4,6-9,14-20,23H,2,5,10-13H2,1H3,(H,25,26)/b4-3-,8-6-,9-7-,16-15+/t18-,19+,20-/m0/s1. The number of hydrogen-bond acceptors (Lipinski definition) is 3. The predicted molar refractivity (Wildman–Crippen MR) is 105 cm³/mol. The van der Waals surface area contributed by atoms with E-state index in [1.165, 1.54) is 0 Å². The van der Waals surface area contributed by atoms with Gasteiger partial charge in [-0.25, -0.2) is 0 Å². The van der Waals surface area contributed by atoms with E-state index in [2.05, 4.69) is 31.2 Å². The van der Waals surface area contributed by atoms with E-state index in [0.29, 0.717) is 12.8 Å². The van der Waals surface area contributed by atoms with Crippen LogP contribution in [0.4, 0.5) is 0 Å². The fourth-order valence-electron chi connectivity index (χ4n) is 2.70. The van der Waals surface area contributed by atoms with E-state index in [9.17, 15) is 14.7 Å². The molecule has 0 heterocycles. The summed E-state index contributed by atoms with van der Waals surface area (Å²) < 4.78 is 0. The highest BCUT2D eigenvalue weighted by molar-refractivity contribution is 5.95. The topological polar surface area (TPSA) is 74.6 Å². The summed E-state index contributed by atoms with van der Waals surface area (Å²) in [5.41, 5.74) is 0. The van der Waals surface area contributed by atoms with Gasteiger partial charge in [0.1, 0.15) is 0 Å². The average Bonchev–Trinajstić information content (AvgIpc) is 2.95. The van der Waals surface area contributed by atoms with Gasteiger partial charge >= 0.3 is 5.97 Å². The molecule has 0 amide bonds. The normalized spacial score (nSPS) is 21.8. The van der Waals surface area contributed by atoms with Gasteiger partial charge < -0.3 is 10.2 Å². The first-order valence-corrected chi connectivity index (χ1v) is 9.29. The van der Waals surface area contributed by atoms with Crippen molar-refractivity contribution in [3.8, 4) is 0 Å². The molecule has 0 spiro atoms. The van der Waals surface area contributed by atoms with Gasteiger partial charge in [-0.1, -0.05) is 61.6 Å². The van der Waals surface area contributed by atoms with Crippen LogP contribution in [-0.2, 0) is 9.59 Å². The van der Waals surface area contributed by atoms with Crippen LogP contribution in [0.15, 0.2) is 60.8 Å². The van der Waals surface area contributed by atoms with Crippen molar-refractivity contribution in [3.63, 3.8) is 0 Å². The summed E-state index contributed by atoms with van der Waals surface area (Å²) in [5.74, 6) is -0.821. The quantitative estimate of drug-likeness (QED) is 0.507. The fourth-order valence-corrected chi connectivity index (χ4v) is 2.70. The van der Waals surface area contributed by atoms with Crippen LogP contribution in [-0.4, -0.2) is 28.1 Å². The second-order valence-electron chi connectivity index (χ2n) is 6.37. The number of aliphatic hydroxyl groups excluding tert-OH is 1. The van der Waals surface area contributed by atoms with Gasteiger partial charge in [-0.15, -0.1) is 0 Å². The van der Waals surface area contributed by atoms with Crippen LogP contribution in [0.3, 0.4) is 0 Å². The number of hydrogen-bond donors (Lipinski definition) is 2. The molecule has 2 N–H and O–H groups in total. The monoisotopic (exact) mass is 358 g/mol. The lowest BCUT2D eigenvalue weighted by Gasteiger charge is -2.13. The first-order chi connectivity index (χ1) is 12.5. The van der Waals surface area contributed by atoms with Gasteiger partial charge in [-0.3, -0.25) is 9.59 Å². The molecule has 1 aliphatic rings. The maximum absolute atomic E-state index is 12.0.